The number of halogens is 1. The van der Waals surface area contributed by atoms with Gasteiger partial charge in [-0.1, -0.05) is 17.7 Å². The number of rotatable bonds is 4. The maximum atomic E-state index is 13.2. The molecule has 0 unspecified atom stereocenters. The predicted octanol–water partition coefficient (Wildman–Crippen LogP) is 4.14. The average Bonchev–Trinajstić information content (AvgIpc) is 3.12. The molecular weight excluding hydrogens is 460 g/mol. The van der Waals surface area contributed by atoms with Crippen LogP contribution in [0.2, 0.25) is 5.02 Å². The summed E-state index contributed by atoms with van der Waals surface area (Å²) in [5, 5.41) is 3.50. The highest BCUT2D eigenvalue weighted by Crippen LogP contribution is 2.29. The van der Waals surface area contributed by atoms with Crippen molar-refractivity contribution in [3.63, 3.8) is 0 Å². The Labute approximate surface area is 198 Å². The van der Waals surface area contributed by atoms with Crippen LogP contribution >= 0.6 is 11.6 Å². The molecule has 2 aliphatic rings. The van der Waals surface area contributed by atoms with Crippen LogP contribution in [0.3, 0.4) is 0 Å². The summed E-state index contributed by atoms with van der Waals surface area (Å²) in [7, 11) is -1.72. The van der Waals surface area contributed by atoms with Gasteiger partial charge in [-0.25, -0.2) is 13.4 Å². The SMILES string of the molecule is Cn1c(NC(=O)C2CCN(S(=O)(=O)c3ccc4c(c3)CCCC4)CC2)nc2cc(Cl)ccc21. The number of carbonyl (C=O) groups excluding carboxylic acids is 1. The van der Waals surface area contributed by atoms with Crippen LogP contribution in [0.1, 0.15) is 36.8 Å². The summed E-state index contributed by atoms with van der Waals surface area (Å²) in [6.07, 6.45) is 5.19. The molecule has 1 aliphatic carbocycles. The monoisotopic (exact) mass is 486 g/mol. The van der Waals surface area contributed by atoms with Gasteiger partial charge in [0.25, 0.3) is 0 Å². The topological polar surface area (TPSA) is 84.3 Å². The lowest BCUT2D eigenvalue weighted by Gasteiger charge is -2.30. The second-order valence-electron chi connectivity index (χ2n) is 8.93. The van der Waals surface area contributed by atoms with Crippen molar-refractivity contribution in [3.05, 3.63) is 52.5 Å². The van der Waals surface area contributed by atoms with Crippen LogP contribution in [-0.4, -0.2) is 41.3 Å². The Kier molecular flexibility index (Phi) is 5.93. The van der Waals surface area contributed by atoms with Crippen LogP contribution in [0.25, 0.3) is 11.0 Å². The van der Waals surface area contributed by atoms with Gasteiger partial charge < -0.3 is 4.57 Å². The van der Waals surface area contributed by atoms with Gasteiger partial charge in [0, 0.05) is 31.1 Å². The van der Waals surface area contributed by atoms with Crippen molar-refractivity contribution in [2.45, 2.75) is 43.4 Å². The van der Waals surface area contributed by atoms with E-state index in [0.29, 0.717) is 47.3 Å². The minimum absolute atomic E-state index is 0.134. The van der Waals surface area contributed by atoms with E-state index in [9.17, 15) is 13.2 Å². The number of hydrogen-bond donors (Lipinski definition) is 1. The molecule has 2 heterocycles. The van der Waals surface area contributed by atoms with Crippen molar-refractivity contribution in [1.82, 2.24) is 13.9 Å². The molecule has 5 rings (SSSR count). The first-order chi connectivity index (χ1) is 15.8. The Hall–Kier alpha value is -2.42. The van der Waals surface area contributed by atoms with Crippen molar-refractivity contribution >= 4 is 44.5 Å². The van der Waals surface area contributed by atoms with E-state index in [1.807, 2.05) is 29.8 Å². The summed E-state index contributed by atoms with van der Waals surface area (Å²) < 4.78 is 29.8. The maximum absolute atomic E-state index is 13.2. The Morgan fingerprint density at radius 2 is 1.79 bits per heavy atom. The highest BCUT2D eigenvalue weighted by atomic mass is 35.5. The third-order valence-corrected chi connectivity index (χ3v) is 8.99. The van der Waals surface area contributed by atoms with E-state index >= 15 is 0 Å². The van der Waals surface area contributed by atoms with Gasteiger partial charge in [-0.15, -0.1) is 0 Å². The first-order valence-corrected chi connectivity index (χ1v) is 13.2. The number of piperidine rings is 1. The fourth-order valence-corrected chi connectivity index (χ4v) is 6.56. The second kappa shape index (κ2) is 8.74. The Balaban J connectivity index is 1.25. The molecule has 9 heteroatoms. The van der Waals surface area contributed by atoms with Crippen molar-refractivity contribution in [1.29, 1.82) is 0 Å². The number of aromatic nitrogens is 2. The molecule has 0 atom stereocenters. The molecule has 1 aliphatic heterocycles. The number of fused-ring (bicyclic) bond motifs is 2. The molecule has 33 heavy (non-hydrogen) atoms. The van der Waals surface area contributed by atoms with Gasteiger partial charge >= 0.3 is 0 Å². The van der Waals surface area contributed by atoms with Gasteiger partial charge in [-0.05, 0) is 80.0 Å². The van der Waals surface area contributed by atoms with E-state index in [2.05, 4.69) is 10.3 Å². The van der Waals surface area contributed by atoms with Crippen molar-refractivity contribution in [3.8, 4) is 0 Å². The number of carbonyl (C=O) groups is 1. The van der Waals surface area contributed by atoms with Gasteiger partial charge in [0.2, 0.25) is 21.9 Å². The Morgan fingerprint density at radius 1 is 1.06 bits per heavy atom. The standard InChI is InChI=1S/C24H27ClN4O3S/c1-28-22-9-7-19(25)15-21(22)26-24(28)27-23(30)17-10-12-29(13-11-17)33(31,32)20-8-6-16-4-2-3-5-18(16)14-20/h6-9,14-15,17H,2-5,10-13H2,1H3,(H,26,27,30). The number of anilines is 1. The zero-order valence-electron chi connectivity index (χ0n) is 18.6. The molecule has 7 nitrogen and oxygen atoms in total. The third-order valence-electron chi connectivity index (χ3n) is 6.86. The van der Waals surface area contributed by atoms with E-state index in [4.69, 9.17) is 11.6 Å². The number of benzene rings is 2. The van der Waals surface area contributed by atoms with Crippen LogP contribution in [0.4, 0.5) is 5.95 Å². The van der Waals surface area contributed by atoms with Crippen LogP contribution < -0.4 is 5.32 Å². The highest BCUT2D eigenvalue weighted by molar-refractivity contribution is 7.89. The fourth-order valence-electron chi connectivity index (χ4n) is 4.87. The van der Waals surface area contributed by atoms with Crippen LogP contribution in [0, 0.1) is 5.92 Å². The molecule has 1 saturated heterocycles. The normalized spacial score (nSPS) is 17.8. The van der Waals surface area contributed by atoms with Gasteiger partial charge in [0.05, 0.1) is 15.9 Å². The molecule has 0 spiro atoms. The molecule has 0 radical (unpaired) electrons. The first-order valence-electron chi connectivity index (χ1n) is 11.4. The predicted molar refractivity (Wildman–Crippen MR) is 129 cm³/mol. The van der Waals surface area contributed by atoms with Crippen LogP contribution in [-0.2, 0) is 34.7 Å². The molecule has 174 valence electrons. The van der Waals surface area contributed by atoms with E-state index in [1.54, 1.807) is 18.2 Å². The second-order valence-corrected chi connectivity index (χ2v) is 11.3. The lowest BCUT2D eigenvalue weighted by molar-refractivity contribution is -0.121. The number of nitrogens with one attached hydrogen (secondary N) is 1. The summed E-state index contributed by atoms with van der Waals surface area (Å²) in [6.45, 7) is 0.658. The van der Waals surface area contributed by atoms with Gasteiger partial charge in [-0.3, -0.25) is 10.1 Å². The lowest BCUT2D eigenvalue weighted by Crippen LogP contribution is -2.41. The smallest absolute Gasteiger partial charge is 0.243 e. The van der Waals surface area contributed by atoms with E-state index < -0.39 is 10.0 Å². The number of hydrogen-bond acceptors (Lipinski definition) is 4. The van der Waals surface area contributed by atoms with Gasteiger partial charge in [0.15, 0.2) is 0 Å². The minimum atomic E-state index is -3.56. The van der Waals surface area contributed by atoms with Crippen molar-refractivity contribution in [2.24, 2.45) is 13.0 Å². The molecule has 1 amide bonds. The lowest BCUT2D eigenvalue weighted by atomic mass is 9.92. The highest BCUT2D eigenvalue weighted by Gasteiger charge is 2.33. The van der Waals surface area contributed by atoms with E-state index in [-0.39, 0.29) is 11.8 Å². The zero-order valence-corrected chi connectivity index (χ0v) is 20.1. The molecule has 2 aromatic carbocycles. The summed E-state index contributed by atoms with van der Waals surface area (Å²) in [4.78, 5) is 17.7. The number of amides is 1. The fraction of sp³-hybridized carbons (Fsp3) is 0.417. The molecule has 1 N–H and O–H groups in total. The molecule has 1 fully saturated rings. The zero-order chi connectivity index (χ0) is 23.2. The number of aryl methyl sites for hydroxylation is 3. The Bertz CT molecular complexity index is 1330. The van der Waals surface area contributed by atoms with Crippen LogP contribution in [0.5, 0.6) is 0 Å². The van der Waals surface area contributed by atoms with Crippen molar-refractivity contribution in [2.75, 3.05) is 18.4 Å². The Morgan fingerprint density at radius 3 is 2.55 bits per heavy atom. The first kappa shape index (κ1) is 22.4. The minimum Gasteiger partial charge on any atom is -0.313 e. The number of imidazole rings is 1. The number of nitrogens with zero attached hydrogens (tertiary/aromatic N) is 3. The third kappa shape index (κ3) is 4.27. The molecule has 1 aromatic heterocycles. The summed E-state index contributed by atoms with van der Waals surface area (Å²) in [5.41, 5.74) is 4.01. The average molecular weight is 487 g/mol. The number of sulfonamides is 1. The van der Waals surface area contributed by atoms with E-state index in [1.165, 1.54) is 9.87 Å². The maximum Gasteiger partial charge on any atom is 0.243 e. The molecule has 0 saturated carbocycles. The van der Waals surface area contributed by atoms with Crippen molar-refractivity contribution < 1.29 is 13.2 Å². The molecule has 3 aromatic rings. The summed E-state index contributed by atoms with van der Waals surface area (Å²) in [5.74, 6) is 0.0649. The summed E-state index contributed by atoms with van der Waals surface area (Å²) >= 11 is 6.05. The van der Waals surface area contributed by atoms with E-state index in [0.717, 1.165) is 36.8 Å². The summed E-state index contributed by atoms with van der Waals surface area (Å²) in [6, 6.07) is 11.0. The molecule has 0 bridgehead atoms. The largest absolute Gasteiger partial charge is 0.313 e. The van der Waals surface area contributed by atoms with Gasteiger partial charge in [0.1, 0.15) is 0 Å². The quantitative estimate of drug-likeness (QED) is 0.600. The van der Waals surface area contributed by atoms with Gasteiger partial charge in [-0.2, -0.15) is 4.31 Å². The van der Waals surface area contributed by atoms with Crippen LogP contribution in [0.15, 0.2) is 41.3 Å². The molecular formula is C24H27ClN4O3S.